The van der Waals surface area contributed by atoms with Crippen LogP contribution in [-0.4, -0.2) is 13.1 Å². The summed E-state index contributed by atoms with van der Waals surface area (Å²) in [4.78, 5) is 0. The Morgan fingerprint density at radius 3 is 2.67 bits per heavy atom. The van der Waals surface area contributed by atoms with E-state index in [-0.39, 0.29) is 0 Å². The van der Waals surface area contributed by atoms with Crippen molar-refractivity contribution >= 4 is 29.3 Å². The molecule has 3 heteroatoms. The molecule has 1 atom stereocenters. The van der Waals surface area contributed by atoms with Gasteiger partial charge < -0.3 is 5.32 Å². The van der Waals surface area contributed by atoms with Gasteiger partial charge >= 0.3 is 0 Å². The van der Waals surface area contributed by atoms with Gasteiger partial charge in [-0.1, -0.05) is 34.9 Å². The monoisotopic (exact) mass is 243 g/mol. The average Bonchev–Trinajstić information content (AvgIpc) is 2.22. The van der Waals surface area contributed by atoms with Gasteiger partial charge in [-0.15, -0.1) is 0 Å². The van der Waals surface area contributed by atoms with Crippen LogP contribution < -0.4 is 5.32 Å². The standard InChI is InChI=1S/C12H15Cl2N/c1-8(9(2)15-3)6-10-7-11(13)4-5-12(10)14/h4-7,9,15H,1-3H3/b8-6+. The Morgan fingerprint density at radius 1 is 1.40 bits per heavy atom. The van der Waals surface area contributed by atoms with Crippen LogP contribution in [0.2, 0.25) is 10.0 Å². The SMILES string of the molecule is CNC(C)/C(C)=C/c1cc(Cl)ccc1Cl. The summed E-state index contributed by atoms with van der Waals surface area (Å²) in [6.07, 6.45) is 2.05. The number of rotatable bonds is 3. The number of likely N-dealkylation sites (N-methyl/N-ethyl adjacent to an activating group) is 1. The first-order chi connectivity index (χ1) is 7.04. The summed E-state index contributed by atoms with van der Waals surface area (Å²) in [5.74, 6) is 0. The van der Waals surface area contributed by atoms with Crippen LogP contribution in [0.15, 0.2) is 23.8 Å². The van der Waals surface area contributed by atoms with E-state index in [1.807, 2.05) is 19.2 Å². The molecule has 82 valence electrons. The van der Waals surface area contributed by atoms with Crippen LogP contribution in [0.4, 0.5) is 0 Å². The number of nitrogens with one attached hydrogen (secondary N) is 1. The maximum absolute atomic E-state index is 6.06. The highest BCUT2D eigenvalue weighted by Gasteiger charge is 2.03. The summed E-state index contributed by atoms with van der Waals surface area (Å²) < 4.78 is 0. The molecule has 1 rings (SSSR count). The van der Waals surface area contributed by atoms with Crippen molar-refractivity contribution in [3.05, 3.63) is 39.4 Å². The molecule has 0 aliphatic rings. The van der Waals surface area contributed by atoms with E-state index in [1.165, 1.54) is 5.57 Å². The molecule has 0 saturated heterocycles. The molecule has 0 heterocycles. The van der Waals surface area contributed by atoms with Gasteiger partial charge in [0.2, 0.25) is 0 Å². The first-order valence-electron chi connectivity index (χ1n) is 4.85. The molecule has 0 fully saturated rings. The first kappa shape index (κ1) is 12.6. The molecule has 1 unspecified atom stereocenters. The lowest BCUT2D eigenvalue weighted by atomic mass is 10.1. The van der Waals surface area contributed by atoms with Gasteiger partial charge in [0.05, 0.1) is 0 Å². The van der Waals surface area contributed by atoms with Crippen molar-refractivity contribution in [3.8, 4) is 0 Å². The van der Waals surface area contributed by atoms with Crippen LogP contribution in [0.25, 0.3) is 6.08 Å². The molecule has 0 saturated carbocycles. The van der Waals surface area contributed by atoms with Gasteiger partial charge in [0.1, 0.15) is 0 Å². The van der Waals surface area contributed by atoms with E-state index in [0.29, 0.717) is 11.1 Å². The van der Waals surface area contributed by atoms with E-state index in [2.05, 4.69) is 25.2 Å². The highest BCUT2D eigenvalue weighted by molar-refractivity contribution is 6.34. The predicted molar refractivity (Wildman–Crippen MR) is 68.6 cm³/mol. The fourth-order valence-corrected chi connectivity index (χ4v) is 1.58. The van der Waals surface area contributed by atoms with Crippen molar-refractivity contribution in [3.63, 3.8) is 0 Å². The lowest BCUT2D eigenvalue weighted by Crippen LogP contribution is -2.21. The lowest BCUT2D eigenvalue weighted by molar-refractivity contribution is 0.696. The zero-order chi connectivity index (χ0) is 11.4. The number of halogens is 2. The van der Waals surface area contributed by atoms with E-state index < -0.39 is 0 Å². The van der Waals surface area contributed by atoms with E-state index >= 15 is 0 Å². The van der Waals surface area contributed by atoms with Crippen molar-refractivity contribution < 1.29 is 0 Å². The average molecular weight is 244 g/mol. The van der Waals surface area contributed by atoms with E-state index in [9.17, 15) is 0 Å². The van der Waals surface area contributed by atoms with Crippen LogP contribution in [0.3, 0.4) is 0 Å². The van der Waals surface area contributed by atoms with Gasteiger partial charge in [-0.3, -0.25) is 0 Å². The van der Waals surface area contributed by atoms with Gasteiger partial charge in [0, 0.05) is 16.1 Å². The zero-order valence-corrected chi connectivity index (χ0v) is 10.7. The second-order valence-electron chi connectivity index (χ2n) is 3.56. The first-order valence-corrected chi connectivity index (χ1v) is 5.60. The maximum atomic E-state index is 6.06. The molecule has 0 bridgehead atoms. The second kappa shape index (κ2) is 5.55. The number of benzene rings is 1. The minimum atomic E-state index is 0.333. The largest absolute Gasteiger partial charge is 0.314 e. The fourth-order valence-electron chi connectivity index (χ4n) is 1.22. The predicted octanol–water partition coefficient (Wildman–Crippen LogP) is 4.00. The Balaban J connectivity index is 3.01. The van der Waals surface area contributed by atoms with Crippen LogP contribution in [0.1, 0.15) is 19.4 Å². The molecule has 0 radical (unpaired) electrons. The van der Waals surface area contributed by atoms with E-state index in [0.717, 1.165) is 10.6 Å². The van der Waals surface area contributed by atoms with Gasteiger partial charge in [-0.25, -0.2) is 0 Å². The number of hydrogen-bond donors (Lipinski definition) is 1. The third-order valence-corrected chi connectivity index (χ3v) is 3.04. The van der Waals surface area contributed by atoms with Gasteiger partial charge in [0.15, 0.2) is 0 Å². The van der Waals surface area contributed by atoms with Crippen molar-refractivity contribution in [2.75, 3.05) is 7.05 Å². The zero-order valence-electron chi connectivity index (χ0n) is 9.14. The molecule has 1 aromatic rings. The molecular weight excluding hydrogens is 229 g/mol. The van der Waals surface area contributed by atoms with Gasteiger partial charge in [-0.2, -0.15) is 0 Å². The topological polar surface area (TPSA) is 12.0 Å². The third-order valence-electron chi connectivity index (χ3n) is 2.46. The third kappa shape index (κ3) is 3.53. The van der Waals surface area contributed by atoms with Crippen LogP contribution in [0.5, 0.6) is 0 Å². The molecule has 1 nitrogen and oxygen atoms in total. The summed E-state index contributed by atoms with van der Waals surface area (Å²) in [5, 5.41) is 4.60. The van der Waals surface area contributed by atoms with Crippen molar-refractivity contribution in [2.45, 2.75) is 19.9 Å². The highest BCUT2D eigenvalue weighted by Crippen LogP contribution is 2.23. The molecular formula is C12H15Cl2N. The normalized spacial score (nSPS) is 14.1. The summed E-state index contributed by atoms with van der Waals surface area (Å²) >= 11 is 12.0. The Kier molecular flexibility index (Phi) is 4.65. The minimum Gasteiger partial charge on any atom is -0.314 e. The van der Waals surface area contributed by atoms with Gasteiger partial charge in [-0.05, 0) is 44.7 Å². The van der Waals surface area contributed by atoms with Gasteiger partial charge in [0.25, 0.3) is 0 Å². The van der Waals surface area contributed by atoms with Crippen molar-refractivity contribution in [1.29, 1.82) is 0 Å². The van der Waals surface area contributed by atoms with Crippen molar-refractivity contribution in [2.24, 2.45) is 0 Å². The molecule has 0 aromatic heterocycles. The Bertz CT molecular complexity index is 372. The second-order valence-corrected chi connectivity index (χ2v) is 4.41. The molecule has 0 spiro atoms. The van der Waals surface area contributed by atoms with E-state index in [1.54, 1.807) is 6.07 Å². The molecule has 15 heavy (non-hydrogen) atoms. The Labute approximate surface area is 101 Å². The quantitative estimate of drug-likeness (QED) is 0.847. The highest BCUT2D eigenvalue weighted by atomic mass is 35.5. The number of hydrogen-bond acceptors (Lipinski definition) is 1. The summed E-state index contributed by atoms with van der Waals surface area (Å²) in [5.41, 5.74) is 2.19. The summed E-state index contributed by atoms with van der Waals surface area (Å²) in [6, 6.07) is 5.81. The van der Waals surface area contributed by atoms with Crippen LogP contribution in [-0.2, 0) is 0 Å². The summed E-state index contributed by atoms with van der Waals surface area (Å²) in [7, 11) is 1.93. The van der Waals surface area contributed by atoms with E-state index in [4.69, 9.17) is 23.2 Å². The van der Waals surface area contributed by atoms with Crippen LogP contribution in [0, 0.1) is 0 Å². The maximum Gasteiger partial charge on any atom is 0.0479 e. The summed E-state index contributed by atoms with van der Waals surface area (Å²) in [6.45, 7) is 4.17. The Morgan fingerprint density at radius 2 is 2.07 bits per heavy atom. The molecule has 0 aliphatic heterocycles. The minimum absolute atomic E-state index is 0.333. The smallest absolute Gasteiger partial charge is 0.0479 e. The van der Waals surface area contributed by atoms with Crippen molar-refractivity contribution in [1.82, 2.24) is 5.32 Å². The Hall–Kier alpha value is -0.500. The van der Waals surface area contributed by atoms with Crippen LogP contribution >= 0.6 is 23.2 Å². The molecule has 1 N–H and O–H groups in total. The lowest BCUT2D eigenvalue weighted by Gasteiger charge is -2.11. The fraction of sp³-hybridized carbons (Fsp3) is 0.333. The molecule has 0 amide bonds. The molecule has 0 aliphatic carbocycles. The molecule has 1 aromatic carbocycles.